The highest BCUT2D eigenvalue weighted by Gasteiger charge is 2.41. The second kappa shape index (κ2) is 6.49. The second-order valence-corrected chi connectivity index (χ2v) is 4.44. The molecule has 1 saturated carbocycles. The Kier molecular flexibility index (Phi) is 5.27. The molecule has 1 aliphatic carbocycles. The van der Waals surface area contributed by atoms with E-state index in [9.17, 15) is 4.79 Å². The summed E-state index contributed by atoms with van der Waals surface area (Å²) in [5.74, 6) is -0.100. The molecule has 0 radical (unpaired) electrons. The maximum absolute atomic E-state index is 11.8. The first-order valence-corrected chi connectivity index (χ1v) is 6.05. The van der Waals surface area contributed by atoms with Crippen LogP contribution in [0.3, 0.4) is 0 Å². The van der Waals surface area contributed by atoms with Crippen molar-refractivity contribution < 1.29 is 9.90 Å². The first kappa shape index (κ1) is 13.0. The van der Waals surface area contributed by atoms with E-state index >= 15 is 0 Å². The van der Waals surface area contributed by atoms with Crippen LogP contribution in [0.15, 0.2) is 0 Å². The van der Waals surface area contributed by atoms with E-state index in [1.54, 1.807) is 0 Å². The fourth-order valence-corrected chi connectivity index (χ4v) is 2.15. The number of amides is 1. The van der Waals surface area contributed by atoms with Gasteiger partial charge in [0, 0.05) is 13.2 Å². The molecule has 0 atom stereocenters. The Morgan fingerprint density at radius 2 is 2.00 bits per heavy atom. The van der Waals surface area contributed by atoms with Gasteiger partial charge in [0.2, 0.25) is 5.91 Å². The SMILES string of the molecule is N#CC1(C(=O)NCCCCCO)CCCC1. The number of aliphatic hydroxyl groups is 1. The molecular formula is C12H20N2O2. The highest BCUT2D eigenvalue weighted by molar-refractivity contribution is 5.85. The predicted molar refractivity (Wildman–Crippen MR) is 60.5 cm³/mol. The molecule has 1 rings (SSSR count). The van der Waals surface area contributed by atoms with Crippen molar-refractivity contribution in [2.75, 3.05) is 13.2 Å². The van der Waals surface area contributed by atoms with Gasteiger partial charge < -0.3 is 10.4 Å². The third kappa shape index (κ3) is 3.21. The summed E-state index contributed by atoms with van der Waals surface area (Å²) in [5, 5.41) is 20.5. The Morgan fingerprint density at radius 1 is 1.31 bits per heavy atom. The van der Waals surface area contributed by atoms with Crippen molar-refractivity contribution in [2.24, 2.45) is 5.41 Å². The van der Waals surface area contributed by atoms with Crippen LogP contribution >= 0.6 is 0 Å². The maximum atomic E-state index is 11.8. The summed E-state index contributed by atoms with van der Waals surface area (Å²) in [5.41, 5.74) is -0.753. The van der Waals surface area contributed by atoms with Crippen molar-refractivity contribution in [3.63, 3.8) is 0 Å². The minimum Gasteiger partial charge on any atom is -0.396 e. The molecule has 1 aliphatic rings. The van der Waals surface area contributed by atoms with Gasteiger partial charge in [0.15, 0.2) is 0 Å². The van der Waals surface area contributed by atoms with E-state index in [0.717, 1.165) is 32.1 Å². The summed E-state index contributed by atoms with van der Waals surface area (Å²) in [6, 6.07) is 2.18. The van der Waals surface area contributed by atoms with Gasteiger partial charge in [-0.2, -0.15) is 5.26 Å². The highest BCUT2D eigenvalue weighted by Crippen LogP contribution is 2.37. The number of unbranched alkanes of at least 4 members (excludes halogenated alkanes) is 2. The van der Waals surface area contributed by atoms with Crippen LogP contribution in [0.1, 0.15) is 44.9 Å². The van der Waals surface area contributed by atoms with Gasteiger partial charge in [-0.3, -0.25) is 4.79 Å². The van der Waals surface area contributed by atoms with Gasteiger partial charge in [-0.1, -0.05) is 12.8 Å². The third-order valence-electron chi connectivity index (χ3n) is 3.23. The molecule has 4 nitrogen and oxygen atoms in total. The van der Waals surface area contributed by atoms with E-state index in [-0.39, 0.29) is 12.5 Å². The second-order valence-electron chi connectivity index (χ2n) is 4.44. The topological polar surface area (TPSA) is 73.1 Å². The van der Waals surface area contributed by atoms with E-state index in [0.29, 0.717) is 19.4 Å². The molecule has 16 heavy (non-hydrogen) atoms. The molecule has 2 N–H and O–H groups in total. The molecule has 1 amide bonds. The summed E-state index contributed by atoms with van der Waals surface area (Å²) >= 11 is 0. The molecule has 1 fully saturated rings. The number of hydrogen-bond donors (Lipinski definition) is 2. The summed E-state index contributed by atoms with van der Waals surface area (Å²) in [4.78, 5) is 11.8. The molecule has 4 heteroatoms. The fourth-order valence-electron chi connectivity index (χ4n) is 2.15. The number of nitriles is 1. The van der Waals surface area contributed by atoms with Crippen LogP contribution < -0.4 is 5.32 Å². The first-order valence-electron chi connectivity index (χ1n) is 6.05. The lowest BCUT2D eigenvalue weighted by Crippen LogP contribution is -2.38. The van der Waals surface area contributed by atoms with Crippen LogP contribution in [0.4, 0.5) is 0 Å². The van der Waals surface area contributed by atoms with E-state index in [4.69, 9.17) is 10.4 Å². The molecule has 0 bridgehead atoms. The Balaban J connectivity index is 2.26. The van der Waals surface area contributed by atoms with Crippen LogP contribution in [-0.4, -0.2) is 24.2 Å². The van der Waals surface area contributed by atoms with Crippen molar-refractivity contribution in [3.05, 3.63) is 0 Å². The van der Waals surface area contributed by atoms with Gasteiger partial charge in [0.25, 0.3) is 0 Å². The first-order chi connectivity index (χ1) is 7.75. The van der Waals surface area contributed by atoms with Crippen LogP contribution in [0.25, 0.3) is 0 Å². The van der Waals surface area contributed by atoms with E-state index in [1.807, 2.05) is 0 Å². The quantitative estimate of drug-likeness (QED) is 0.669. The Morgan fingerprint density at radius 3 is 2.56 bits per heavy atom. The number of hydrogen-bond acceptors (Lipinski definition) is 3. The van der Waals surface area contributed by atoms with Crippen molar-refractivity contribution in [2.45, 2.75) is 44.9 Å². The van der Waals surface area contributed by atoms with E-state index < -0.39 is 5.41 Å². The monoisotopic (exact) mass is 224 g/mol. The largest absolute Gasteiger partial charge is 0.396 e. The molecule has 90 valence electrons. The smallest absolute Gasteiger partial charge is 0.240 e. The van der Waals surface area contributed by atoms with Gasteiger partial charge in [0.1, 0.15) is 5.41 Å². The number of rotatable bonds is 6. The van der Waals surface area contributed by atoms with Crippen LogP contribution in [0.5, 0.6) is 0 Å². The average molecular weight is 224 g/mol. The van der Waals surface area contributed by atoms with Crippen molar-refractivity contribution >= 4 is 5.91 Å². The molecule has 0 aromatic rings. The minimum absolute atomic E-state index is 0.100. The summed E-state index contributed by atoms with van der Waals surface area (Å²) in [6.45, 7) is 0.818. The Hall–Kier alpha value is -1.08. The normalized spacial score (nSPS) is 18.0. The molecule has 0 aromatic carbocycles. The minimum atomic E-state index is -0.753. The number of carbonyl (C=O) groups is 1. The van der Waals surface area contributed by atoms with Gasteiger partial charge in [-0.25, -0.2) is 0 Å². The van der Waals surface area contributed by atoms with Crippen LogP contribution in [0, 0.1) is 16.7 Å². The molecule has 0 heterocycles. The molecule has 0 aromatic heterocycles. The maximum Gasteiger partial charge on any atom is 0.240 e. The molecule has 0 spiro atoms. The fraction of sp³-hybridized carbons (Fsp3) is 0.833. The van der Waals surface area contributed by atoms with Crippen LogP contribution in [-0.2, 0) is 4.79 Å². The third-order valence-corrected chi connectivity index (χ3v) is 3.23. The van der Waals surface area contributed by atoms with Crippen molar-refractivity contribution in [1.29, 1.82) is 5.26 Å². The average Bonchev–Trinajstić information content (AvgIpc) is 2.78. The predicted octanol–water partition coefficient (Wildman–Crippen LogP) is 1.35. The Bertz CT molecular complexity index is 265. The summed E-state index contributed by atoms with van der Waals surface area (Å²) in [7, 11) is 0. The Labute approximate surface area is 96.6 Å². The summed E-state index contributed by atoms with van der Waals surface area (Å²) < 4.78 is 0. The van der Waals surface area contributed by atoms with Gasteiger partial charge in [0.05, 0.1) is 6.07 Å². The highest BCUT2D eigenvalue weighted by atomic mass is 16.2. The number of nitrogens with one attached hydrogen (secondary N) is 1. The number of carbonyl (C=O) groups excluding carboxylic acids is 1. The molecule has 0 unspecified atom stereocenters. The van der Waals surface area contributed by atoms with Gasteiger partial charge >= 0.3 is 0 Å². The molecule has 0 saturated heterocycles. The lowest BCUT2D eigenvalue weighted by Gasteiger charge is -2.19. The van der Waals surface area contributed by atoms with Crippen molar-refractivity contribution in [3.8, 4) is 6.07 Å². The lowest BCUT2D eigenvalue weighted by molar-refractivity contribution is -0.127. The molecular weight excluding hydrogens is 204 g/mol. The standard InChI is InChI=1S/C12H20N2O2/c13-10-12(6-2-3-7-12)11(16)14-8-4-1-5-9-15/h15H,1-9H2,(H,14,16). The van der Waals surface area contributed by atoms with Crippen molar-refractivity contribution in [1.82, 2.24) is 5.32 Å². The lowest BCUT2D eigenvalue weighted by atomic mass is 9.87. The number of nitrogens with zero attached hydrogens (tertiary/aromatic N) is 1. The zero-order chi connectivity index (χ0) is 11.9. The number of aliphatic hydroxyl groups excluding tert-OH is 1. The zero-order valence-corrected chi connectivity index (χ0v) is 9.67. The van der Waals surface area contributed by atoms with E-state index in [2.05, 4.69) is 11.4 Å². The molecule has 0 aliphatic heterocycles. The van der Waals surface area contributed by atoms with Crippen LogP contribution in [0.2, 0.25) is 0 Å². The zero-order valence-electron chi connectivity index (χ0n) is 9.67. The van der Waals surface area contributed by atoms with E-state index in [1.165, 1.54) is 0 Å². The van der Waals surface area contributed by atoms with Gasteiger partial charge in [-0.05, 0) is 32.1 Å². The summed E-state index contributed by atoms with van der Waals surface area (Å²) in [6.07, 6.45) is 5.92. The van der Waals surface area contributed by atoms with Gasteiger partial charge in [-0.15, -0.1) is 0 Å².